The minimum absolute atomic E-state index is 0.0669. The number of nitrogens with one attached hydrogen (secondary N) is 2. The van der Waals surface area contributed by atoms with Crippen molar-refractivity contribution in [2.24, 2.45) is 0 Å². The molecule has 146 valence electrons. The predicted octanol–water partition coefficient (Wildman–Crippen LogP) is 2.60. The summed E-state index contributed by atoms with van der Waals surface area (Å²) in [5.74, 6) is -0.472. The zero-order valence-corrected chi connectivity index (χ0v) is 16.1. The summed E-state index contributed by atoms with van der Waals surface area (Å²) >= 11 is 0. The summed E-state index contributed by atoms with van der Waals surface area (Å²) in [7, 11) is 1.50. The molecule has 29 heavy (non-hydrogen) atoms. The normalized spacial score (nSPS) is 12.9. The maximum Gasteiger partial charge on any atom is 0.261 e. The number of hydrogen-bond donors (Lipinski definition) is 2. The monoisotopic (exact) mass is 387 g/mol. The molecule has 6 heteroatoms. The van der Waals surface area contributed by atoms with Crippen LogP contribution in [0.2, 0.25) is 0 Å². The molecule has 0 fully saturated rings. The number of aromatic nitrogens is 1. The molecular weight excluding hydrogens is 366 g/mol. The van der Waals surface area contributed by atoms with E-state index < -0.39 is 11.5 Å². The standard InChI is InChI=1S/C23H21N3O3/c1-24-21(27)20-18-11-12-26(14-16(18)13-25-22(20)28)23(29)19-10-6-5-9-17(19)15-7-3-2-4-8-15/h2-10,13H,11-12,14H2,1H3,(H,24,27)(H,25,28). The number of carbonyl (C=O) groups is 2. The largest absolute Gasteiger partial charge is 0.355 e. The van der Waals surface area contributed by atoms with Crippen molar-refractivity contribution in [1.82, 2.24) is 15.2 Å². The summed E-state index contributed by atoms with van der Waals surface area (Å²) in [6.45, 7) is 0.792. The number of hydrogen-bond acceptors (Lipinski definition) is 3. The Balaban J connectivity index is 1.67. The second-order valence-corrected chi connectivity index (χ2v) is 6.96. The molecule has 0 saturated heterocycles. The minimum atomic E-state index is -0.405. The number of aromatic amines is 1. The average molecular weight is 387 g/mol. The van der Waals surface area contributed by atoms with Gasteiger partial charge in [0, 0.05) is 31.9 Å². The van der Waals surface area contributed by atoms with Crippen LogP contribution in [-0.2, 0) is 13.0 Å². The quantitative estimate of drug-likeness (QED) is 0.725. The van der Waals surface area contributed by atoms with E-state index in [0.717, 1.165) is 16.7 Å². The number of amides is 2. The highest BCUT2D eigenvalue weighted by molar-refractivity contribution is 6.01. The molecule has 0 radical (unpaired) electrons. The molecule has 2 aromatic carbocycles. The van der Waals surface area contributed by atoms with Crippen molar-refractivity contribution in [3.8, 4) is 11.1 Å². The second-order valence-electron chi connectivity index (χ2n) is 6.96. The van der Waals surface area contributed by atoms with Crippen LogP contribution in [0, 0.1) is 0 Å². The van der Waals surface area contributed by atoms with Crippen LogP contribution < -0.4 is 10.9 Å². The first-order valence-electron chi connectivity index (χ1n) is 9.49. The first-order valence-corrected chi connectivity index (χ1v) is 9.49. The van der Waals surface area contributed by atoms with Gasteiger partial charge >= 0.3 is 0 Å². The molecule has 1 aliphatic rings. The van der Waals surface area contributed by atoms with E-state index in [1.165, 1.54) is 7.05 Å². The highest BCUT2D eigenvalue weighted by Gasteiger charge is 2.27. The van der Waals surface area contributed by atoms with Gasteiger partial charge in [-0.3, -0.25) is 14.4 Å². The Hall–Kier alpha value is -3.67. The van der Waals surface area contributed by atoms with E-state index in [4.69, 9.17) is 0 Å². The second kappa shape index (κ2) is 7.75. The molecule has 0 aliphatic carbocycles. The summed E-state index contributed by atoms with van der Waals surface area (Å²) in [4.78, 5) is 42.0. The van der Waals surface area contributed by atoms with E-state index in [1.807, 2.05) is 54.6 Å². The highest BCUT2D eigenvalue weighted by Crippen LogP contribution is 2.27. The minimum Gasteiger partial charge on any atom is -0.355 e. The van der Waals surface area contributed by atoms with E-state index in [2.05, 4.69) is 10.3 Å². The van der Waals surface area contributed by atoms with Gasteiger partial charge in [-0.2, -0.15) is 0 Å². The first kappa shape index (κ1) is 18.7. The fraction of sp³-hybridized carbons (Fsp3) is 0.174. The van der Waals surface area contributed by atoms with Crippen LogP contribution in [0.5, 0.6) is 0 Å². The lowest BCUT2D eigenvalue weighted by molar-refractivity contribution is 0.0735. The summed E-state index contributed by atoms with van der Waals surface area (Å²) < 4.78 is 0. The van der Waals surface area contributed by atoms with Crippen molar-refractivity contribution in [2.75, 3.05) is 13.6 Å². The maximum absolute atomic E-state index is 13.3. The third-order valence-corrected chi connectivity index (χ3v) is 5.27. The molecule has 3 aromatic rings. The van der Waals surface area contributed by atoms with Crippen LogP contribution in [0.15, 0.2) is 65.6 Å². The summed E-state index contributed by atoms with van der Waals surface area (Å²) in [6, 6.07) is 17.4. The van der Waals surface area contributed by atoms with E-state index in [0.29, 0.717) is 30.6 Å². The number of nitrogens with zero attached hydrogens (tertiary/aromatic N) is 1. The van der Waals surface area contributed by atoms with Crippen molar-refractivity contribution < 1.29 is 9.59 Å². The molecule has 0 bridgehead atoms. The van der Waals surface area contributed by atoms with E-state index >= 15 is 0 Å². The van der Waals surface area contributed by atoms with Crippen LogP contribution in [-0.4, -0.2) is 35.3 Å². The number of pyridine rings is 1. The lowest BCUT2D eigenvalue weighted by atomic mass is 9.94. The van der Waals surface area contributed by atoms with E-state index in [9.17, 15) is 14.4 Å². The van der Waals surface area contributed by atoms with Crippen LogP contribution in [0.3, 0.4) is 0 Å². The van der Waals surface area contributed by atoms with Gasteiger partial charge in [-0.15, -0.1) is 0 Å². The van der Waals surface area contributed by atoms with E-state index in [-0.39, 0.29) is 11.5 Å². The van der Waals surface area contributed by atoms with Gasteiger partial charge in [0.05, 0.1) is 0 Å². The summed E-state index contributed by atoms with van der Waals surface area (Å²) in [5.41, 5.74) is 3.75. The molecule has 0 spiro atoms. The molecule has 1 aromatic heterocycles. The molecule has 2 N–H and O–H groups in total. The molecule has 1 aliphatic heterocycles. The van der Waals surface area contributed by atoms with Gasteiger partial charge in [0.1, 0.15) is 5.56 Å². The molecule has 6 nitrogen and oxygen atoms in total. The Labute approximate surface area is 168 Å². The van der Waals surface area contributed by atoms with Gasteiger partial charge < -0.3 is 15.2 Å². The fourth-order valence-electron chi connectivity index (χ4n) is 3.82. The number of rotatable bonds is 3. The zero-order valence-electron chi connectivity index (χ0n) is 16.1. The number of H-pyrrole nitrogens is 1. The van der Waals surface area contributed by atoms with Gasteiger partial charge in [0.2, 0.25) is 0 Å². The average Bonchev–Trinajstić information content (AvgIpc) is 2.78. The molecule has 4 rings (SSSR count). The van der Waals surface area contributed by atoms with Crippen LogP contribution in [0.25, 0.3) is 11.1 Å². The summed E-state index contributed by atoms with van der Waals surface area (Å²) in [6.07, 6.45) is 2.06. The lowest BCUT2D eigenvalue weighted by Gasteiger charge is -2.30. The Morgan fingerprint density at radius 1 is 1.03 bits per heavy atom. The Kier molecular flexibility index (Phi) is 4.99. The number of benzene rings is 2. The van der Waals surface area contributed by atoms with Crippen LogP contribution in [0.4, 0.5) is 0 Å². The van der Waals surface area contributed by atoms with Crippen molar-refractivity contribution in [3.63, 3.8) is 0 Å². The smallest absolute Gasteiger partial charge is 0.261 e. The SMILES string of the molecule is CNC(=O)c1c2c(c[nH]c1=O)CN(C(=O)c1ccccc1-c1ccccc1)CC2. The Bertz CT molecular complexity index is 1140. The molecule has 0 saturated carbocycles. The van der Waals surface area contributed by atoms with Crippen LogP contribution in [0.1, 0.15) is 31.8 Å². The molecular formula is C23H21N3O3. The molecule has 0 atom stereocenters. The Morgan fingerprint density at radius 2 is 1.76 bits per heavy atom. The van der Waals surface area contributed by atoms with Crippen LogP contribution >= 0.6 is 0 Å². The molecule has 2 heterocycles. The molecule has 2 amide bonds. The third-order valence-electron chi connectivity index (χ3n) is 5.27. The van der Waals surface area contributed by atoms with Gasteiger partial charge in [-0.05, 0) is 34.7 Å². The van der Waals surface area contributed by atoms with Crippen molar-refractivity contribution in [1.29, 1.82) is 0 Å². The van der Waals surface area contributed by atoms with Crippen molar-refractivity contribution in [3.05, 3.63) is 93.4 Å². The zero-order chi connectivity index (χ0) is 20.4. The van der Waals surface area contributed by atoms with E-state index in [1.54, 1.807) is 11.1 Å². The number of carbonyl (C=O) groups excluding carboxylic acids is 2. The molecule has 0 unspecified atom stereocenters. The first-order chi connectivity index (χ1) is 14.1. The van der Waals surface area contributed by atoms with Gasteiger partial charge in [0.25, 0.3) is 17.4 Å². The predicted molar refractivity (Wildman–Crippen MR) is 111 cm³/mol. The lowest BCUT2D eigenvalue weighted by Crippen LogP contribution is -2.39. The topological polar surface area (TPSA) is 82.3 Å². The van der Waals surface area contributed by atoms with Crippen molar-refractivity contribution >= 4 is 11.8 Å². The van der Waals surface area contributed by atoms with Gasteiger partial charge in [-0.25, -0.2) is 0 Å². The third kappa shape index (κ3) is 3.45. The maximum atomic E-state index is 13.3. The highest BCUT2D eigenvalue weighted by atomic mass is 16.2. The fourth-order valence-corrected chi connectivity index (χ4v) is 3.82. The van der Waals surface area contributed by atoms with Crippen molar-refractivity contribution in [2.45, 2.75) is 13.0 Å². The van der Waals surface area contributed by atoms with Gasteiger partial charge in [0.15, 0.2) is 0 Å². The summed E-state index contributed by atoms with van der Waals surface area (Å²) in [5, 5.41) is 2.52. The Morgan fingerprint density at radius 3 is 2.52 bits per heavy atom. The van der Waals surface area contributed by atoms with Gasteiger partial charge in [-0.1, -0.05) is 48.5 Å². The number of fused-ring (bicyclic) bond motifs is 1.